The maximum atomic E-state index is 10.5. The van der Waals surface area contributed by atoms with Crippen molar-refractivity contribution in [3.63, 3.8) is 0 Å². The van der Waals surface area contributed by atoms with Crippen LogP contribution in [-0.4, -0.2) is 11.4 Å². The number of aryl methyl sites for hydroxylation is 2. The van der Waals surface area contributed by atoms with Gasteiger partial charge in [0.1, 0.15) is 0 Å². The summed E-state index contributed by atoms with van der Waals surface area (Å²) in [6.07, 6.45) is 4.25. The van der Waals surface area contributed by atoms with Crippen molar-refractivity contribution in [3.05, 3.63) is 59.9 Å². The Morgan fingerprint density at radius 3 is 2.65 bits per heavy atom. The normalized spacial score (nSPS) is 9.88. The number of nitrogens with zero attached hydrogens (tertiary/aromatic N) is 1. The molecule has 0 bridgehead atoms. The first-order chi connectivity index (χ1) is 8.40. The lowest BCUT2D eigenvalue weighted by Crippen LogP contribution is -2.00. The Labute approximate surface area is 101 Å². The lowest BCUT2D eigenvalue weighted by molar-refractivity contribution is -0.105. The van der Waals surface area contributed by atoms with Crippen molar-refractivity contribution in [1.29, 1.82) is 0 Å². The van der Waals surface area contributed by atoms with E-state index in [2.05, 4.69) is 10.3 Å². The molecule has 2 aromatic rings. The molecule has 0 aliphatic carbocycles. The Morgan fingerprint density at radius 1 is 1.06 bits per heavy atom. The van der Waals surface area contributed by atoms with Gasteiger partial charge < -0.3 is 5.32 Å². The number of benzene rings is 1. The van der Waals surface area contributed by atoms with Crippen LogP contribution in [0, 0.1) is 0 Å². The highest BCUT2D eigenvalue weighted by Gasteiger charge is 2.01. The topological polar surface area (TPSA) is 42.0 Å². The molecule has 0 saturated heterocycles. The molecule has 3 heteroatoms. The summed E-state index contributed by atoms with van der Waals surface area (Å²) in [6, 6.07) is 13.7. The number of pyridine rings is 1. The zero-order valence-corrected chi connectivity index (χ0v) is 9.47. The SMILES string of the molecule is O=CNc1ccccc1CCc1ccccn1. The number of carbonyl (C=O) groups is 1. The molecule has 86 valence electrons. The van der Waals surface area contributed by atoms with Gasteiger partial charge in [0.05, 0.1) is 0 Å². The Hall–Kier alpha value is -2.16. The molecule has 0 fully saturated rings. The fourth-order valence-electron chi connectivity index (χ4n) is 1.75. The molecule has 1 amide bonds. The molecule has 0 spiro atoms. The summed E-state index contributed by atoms with van der Waals surface area (Å²) in [5, 5.41) is 2.71. The Bertz CT molecular complexity index is 483. The van der Waals surface area contributed by atoms with E-state index in [1.165, 1.54) is 0 Å². The highest BCUT2D eigenvalue weighted by Crippen LogP contribution is 2.16. The first-order valence-electron chi connectivity index (χ1n) is 5.58. The molecule has 0 aliphatic heterocycles. The van der Waals surface area contributed by atoms with Crippen molar-refractivity contribution in [3.8, 4) is 0 Å². The molecule has 0 atom stereocenters. The largest absolute Gasteiger partial charge is 0.328 e. The van der Waals surface area contributed by atoms with E-state index in [0.29, 0.717) is 6.41 Å². The van der Waals surface area contributed by atoms with Crippen LogP contribution in [0.5, 0.6) is 0 Å². The van der Waals surface area contributed by atoms with Gasteiger partial charge in [-0.15, -0.1) is 0 Å². The fraction of sp³-hybridized carbons (Fsp3) is 0.143. The standard InChI is InChI=1S/C14H14N2O/c17-11-16-14-7-2-1-5-12(14)8-9-13-6-3-4-10-15-13/h1-7,10-11H,8-9H2,(H,16,17). The number of para-hydroxylation sites is 1. The van der Waals surface area contributed by atoms with Crippen LogP contribution in [0.3, 0.4) is 0 Å². The van der Waals surface area contributed by atoms with E-state index in [9.17, 15) is 4.79 Å². The molecule has 17 heavy (non-hydrogen) atoms. The first-order valence-corrected chi connectivity index (χ1v) is 5.58. The van der Waals surface area contributed by atoms with Gasteiger partial charge in [-0.05, 0) is 36.6 Å². The van der Waals surface area contributed by atoms with Crippen molar-refractivity contribution < 1.29 is 4.79 Å². The van der Waals surface area contributed by atoms with Gasteiger partial charge in [-0.25, -0.2) is 0 Å². The quantitative estimate of drug-likeness (QED) is 0.796. The van der Waals surface area contributed by atoms with Crippen LogP contribution < -0.4 is 5.32 Å². The van der Waals surface area contributed by atoms with Gasteiger partial charge in [-0.3, -0.25) is 9.78 Å². The van der Waals surface area contributed by atoms with Crippen LogP contribution in [0.4, 0.5) is 5.69 Å². The summed E-state index contributed by atoms with van der Waals surface area (Å²) >= 11 is 0. The van der Waals surface area contributed by atoms with Gasteiger partial charge in [-0.1, -0.05) is 24.3 Å². The predicted molar refractivity (Wildman–Crippen MR) is 67.8 cm³/mol. The van der Waals surface area contributed by atoms with E-state index < -0.39 is 0 Å². The fourth-order valence-corrected chi connectivity index (χ4v) is 1.75. The zero-order valence-electron chi connectivity index (χ0n) is 9.47. The smallest absolute Gasteiger partial charge is 0.211 e. The summed E-state index contributed by atoms with van der Waals surface area (Å²) in [7, 11) is 0. The number of carbonyl (C=O) groups excluding carboxylic acids is 1. The number of aromatic nitrogens is 1. The Kier molecular flexibility index (Phi) is 3.86. The molecule has 0 saturated carbocycles. The maximum absolute atomic E-state index is 10.5. The minimum atomic E-state index is 0.708. The summed E-state index contributed by atoms with van der Waals surface area (Å²) < 4.78 is 0. The van der Waals surface area contributed by atoms with Crippen LogP contribution >= 0.6 is 0 Å². The van der Waals surface area contributed by atoms with E-state index in [1.807, 2.05) is 42.5 Å². The minimum absolute atomic E-state index is 0.708. The number of anilines is 1. The average Bonchev–Trinajstić information content (AvgIpc) is 2.39. The van der Waals surface area contributed by atoms with Crippen molar-refractivity contribution >= 4 is 12.1 Å². The average molecular weight is 226 g/mol. The zero-order chi connectivity index (χ0) is 11.9. The van der Waals surface area contributed by atoms with Gasteiger partial charge in [0.25, 0.3) is 0 Å². The molecule has 1 aromatic heterocycles. The molecule has 1 heterocycles. The molecule has 0 aliphatic rings. The lowest BCUT2D eigenvalue weighted by atomic mass is 10.1. The van der Waals surface area contributed by atoms with E-state index in [0.717, 1.165) is 29.8 Å². The van der Waals surface area contributed by atoms with Crippen LogP contribution in [0.15, 0.2) is 48.7 Å². The van der Waals surface area contributed by atoms with E-state index in [-0.39, 0.29) is 0 Å². The summed E-state index contributed by atoms with van der Waals surface area (Å²) in [5.74, 6) is 0. The van der Waals surface area contributed by atoms with Crippen LogP contribution in [0.2, 0.25) is 0 Å². The summed E-state index contributed by atoms with van der Waals surface area (Å²) in [5.41, 5.74) is 3.07. The summed E-state index contributed by atoms with van der Waals surface area (Å²) in [6.45, 7) is 0. The lowest BCUT2D eigenvalue weighted by Gasteiger charge is -2.07. The van der Waals surface area contributed by atoms with E-state index >= 15 is 0 Å². The van der Waals surface area contributed by atoms with Crippen molar-refractivity contribution in [2.75, 3.05) is 5.32 Å². The number of nitrogens with one attached hydrogen (secondary N) is 1. The molecule has 3 nitrogen and oxygen atoms in total. The van der Waals surface area contributed by atoms with E-state index in [4.69, 9.17) is 0 Å². The van der Waals surface area contributed by atoms with Crippen LogP contribution in [-0.2, 0) is 17.6 Å². The Balaban J connectivity index is 2.06. The highest BCUT2D eigenvalue weighted by atomic mass is 16.1. The minimum Gasteiger partial charge on any atom is -0.328 e. The first kappa shape index (κ1) is 11.3. The van der Waals surface area contributed by atoms with Crippen molar-refractivity contribution in [2.45, 2.75) is 12.8 Å². The molecule has 1 aromatic carbocycles. The second kappa shape index (κ2) is 5.80. The number of hydrogen-bond acceptors (Lipinski definition) is 2. The molecule has 1 N–H and O–H groups in total. The van der Waals surface area contributed by atoms with Crippen molar-refractivity contribution in [2.24, 2.45) is 0 Å². The molecular formula is C14H14N2O. The highest BCUT2D eigenvalue weighted by molar-refractivity contribution is 5.73. The third-order valence-electron chi connectivity index (χ3n) is 2.61. The molecule has 0 unspecified atom stereocenters. The Morgan fingerprint density at radius 2 is 1.88 bits per heavy atom. The third-order valence-corrected chi connectivity index (χ3v) is 2.61. The number of hydrogen-bond donors (Lipinski definition) is 1. The van der Waals surface area contributed by atoms with Crippen LogP contribution in [0.1, 0.15) is 11.3 Å². The van der Waals surface area contributed by atoms with Gasteiger partial charge in [0, 0.05) is 17.6 Å². The molecule has 2 rings (SSSR count). The third kappa shape index (κ3) is 3.14. The number of amides is 1. The second-order valence-electron chi connectivity index (χ2n) is 3.74. The molecule has 0 radical (unpaired) electrons. The van der Waals surface area contributed by atoms with Crippen LogP contribution in [0.25, 0.3) is 0 Å². The summed E-state index contributed by atoms with van der Waals surface area (Å²) in [4.78, 5) is 14.8. The van der Waals surface area contributed by atoms with Gasteiger partial charge in [0.15, 0.2) is 0 Å². The molecular weight excluding hydrogens is 212 g/mol. The second-order valence-corrected chi connectivity index (χ2v) is 3.74. The van der Waals surface area contributed by atoms with Gasteiger partial charge in [-0.2, -0.15) is 0 Å². The number of rotatable bonds is 5. The monoisotopic (exact) mass is 226 g/mol. The van der Waals surface area contributed by atoms with Crippen molar-refractivity contribution in [1.82, 2.24) is 4.98 Å². The predicted octanol–water partition coefficient (Wildman–Crippen LogP) is 2.44. The van der Waals surface area contributed by atoms with Gasteiger partial charge >= 0.3 is 0 Å². The van der Waals surface area contributed by atoms with Gasteiger partial charge in [0.2, 0.25) is 6.41 Å². The maximum Gasteiger partial charge on any atom is 0.211 e. The van der Waals surface area contributed by atoms with E-state index in [1.54, 1.807) is 6.20 Å².